The van der Waals surface area contributed by atoms with Crippen molar-refractivity contribution >= 4 is 26.8 Å². The van der Waals surface area contributed by atoms with Gasteiger partial charge in [-0.05, 0) is 37.6 Å². The van der Waals surface area contributed by atoms with Gasteiger partial charge >= 0.3 is 0 Å². The third-order valence-electron chi connectivity index (χ3n) is 4.94. The number of sulfonamides is 1. The van der Waals surface area contributed by atoms with Crippen LogP contribution in [0.1, 0.15) is 29.9 Å². The molecule has 0 aliphatic heterocycles. The Bertz CT molecular complexity index is 1340. The van der Waals surface area contributed by atoms with E-state index in [-0.39, 0.29) is 23.0 Å². The minimum absolute atomic E-state index is 0.00924. The van der Waals surface area contributed by atoms with Gasteiger partial charge in [0.25, 0.3) is 5.91 Å². The zero-order chi connectivity index (χ0) is 23.5. The number of benzene rings is 2. The summed E-state index contributed by atoms with van der Waals surface area (Å²) in [4.78, 5) is 13.0. The van der Waals surface area contributed by atoms with E-state index in [1.165, 1.54) is 19.2 Å². The van der Waals surface area contributed by atoms with E-state index in [4.69, 9.17) is 12.8 Å². The minimum Gasteiger partial charge on any atom is -0.335 e. The largest absolute Gasteiger partial charge is 0.335 e. The van der Waals surface area contributed by atoms with Crippen LogP contribution in [0.2, 0.25) is 0 Å². The average Bonchev–Trinajstić information content (AvgIpc) is 3.13. The molecule has 1 N–H and O–H groups in total. The third kappa shape index (κ3) is 4.67. The molecular weight excluding hydrogens is 424 g/mol. The number of amides is 1. The number of terminal acetylenes is 2. The van der Waals surface area contributed by atoms with Crippen LogP contribution >= 0.6 is 0 Å². The Morgan fingerprint density at radius 3 is 2.44 bits per heavy atom. The smallest absolute Gasteiger partial charge is 0.273 e. The molecule has 7 nitrogen and oxygen atoms in total. The van der Waals surface area contributed by atoms with E-state index in [0.717, 1.165) is 15.4 Å². The molecule has 0 unspecified atom stereocenters. The van der Waals surface area contributed by atoms with Gasteiger partial charge in [0.1, 0.15) is 0 Å². The summed E-state index contributed by atoms with van der Waals surface area (Å²) in [7, 11) is -2.22. The number of nitrogens with one attached hydrogen (secondary N) is 1. The van der Waals surface area contributed by atoms with Crippen LogP contribution in [0.4, 0.5) is 0 Å². The molecule has 2 aromatic carbocycles. The van der Waals surface area contributed by atoms with Gasteiger partial charge in [0.2, 0.25) is 10.0 Å². The number of para-hydroxylation sites is 1. The van der Waals surface area contributed by atoms with Crippen LogP contribution in [0.5, 0.6) is 0 Å². The first-order chi connectivity index (χ1) is 15.1. The van der Waals surface area contributed by atoms with E-state index in [1.54, 1.807) is 30.7 Å². The Morgan fingerprint density at radius 1 is 1.16 bits per heavy atom. The highest BCUT2D eigenvalue weighted by atomic mass is 32.2. The lowest BCUT2D eigenvalue weighted by Crippen LogP contribution is -2.42. The maximum Gasteiger partial charge on any atom is 0.273 e. The molecule has 0 bridgehead atoms. The second-order valence-corrected chi connectivity index (χ2v) is 9.90. The van der Waals surface area contributed by atoms with Crippen molar-refractivity contribution in [3.05, 3.63) is 59.8 Å². The lowest BCUT2D eigenvalue weighted by molar-refractivity contribution is 0.0925. The molecule has 1 aromatic heterocycles. The highest BCUT2D eigenvalue weighted by Crippen LogP contribution is 2.21. The molecule has 0 atom stereocenters. The summed E-state index contributed by atoms with van der Waals surface area (Å²) in [5.41, 5.74) is 1.07. The molecule has 32 heavy (non-hydrogen) atoms. The summed E-state index contributed by atoms with van der Waals surface area (Å²) in [5.74, 6) is 4.50. The molecule has 3 aromatic rings. The number of nitrogens with zero attached hydrogens (tertiary/aromatic N) is 3. The number of carbonyl (C=O) groups is 1. The Kier molecular flexibility index (Phi) is 6.40. The van der Waals surface area contributed by atoms with Crippen molar-refractivity contribution in [3.63, 3.8) is 0 Å². The van der Waals surface area contributed by atoms with Crippen LogP contribution in [0, 0.1) is 24.7 Å². The molecule has 0 saturated carbocycles. The lowest BCUT2D eigenvalue weighted by Gasteiger charge is -2.18. The summed E-state index contributed by atoms with van der Waals surface area (Å²) < 4.78 is 27.9. The summed E-state index contributed by atoms with van der Waals surface area (Å²) >= 11 is 0. The Morgan fingerprint density at radius 2 is 1.81 bits per heavy atom. The number of hydrogen-bond acceptors (Lipinski definition) is 4. The number of aromatic nitrogens is 2. The van der Waals surface area contributed by atoms with Crippen LogP contribution in [0.3, 0.4) is 0 Å². The van der Waals surface area contributed by atoms with Gasteiger partial charge in [-0.2, -0.15) is 9.40 Å². The fourth-order valence-electron chi connectivity index (χ4n) is 3.13. The number of carbonyl (C=O) groups excluding carboxylic acids is 1. The highest BCUT2D eigenvalue weighted by Gasteiger charge is 2.23. The Hall–Kier alpha value is -3.59. The summed E-state index contributed by atoms with van der Waals surface area (Å²) in [6.07, 6.45) is 10.7. The molecule has 0 spiro atoms. The maximum atomic E-state index is 12.8. The first kappa shape index (κ1) is 23.1. The monoisotopic (exact) mass is 448 g/mol. The van der Waals surface area contributed by atoms with Crippen molar-refractivity contribution in [2.45, 2.75) is 30.8 Å². The average molecular weight is 449 g/mol. The Labute approximate surface area is 188 Å². The molecule has 8 heteroatoms. The fraction of sp³-hybridized carbons (Fsp3) is 0.250. The van der Waals surface area contributed by atoms with Crippen molar-refractivity contribution in [1.29, 1.82) is 0 Å². The van der Waals surface area contributed by atoms with Crippen molar-refractivity contribution in [2.24, 2.45) is 0 Å². The summed E-state index contributed by atoms with van der Waals surface area (Å²) in [5, 5.41) is 8.02. The topological polar surface area (TPSA) is 84.3 Å². The van der Waals surface area contributed by atoms with E-state index in [0.29, 0.717) is 11.9 Å². The second-order valence-electron chi connectivity index (χ2n) is 7.86. The van der Waals surface area contributed by atoms with Crippen LogP contribution in [-0.2, 0) is 16.6 Å². The fourth-order valence-corrected chi connectivity index (χ4v) is 4.21. The van der Waals surface area contributed by atoms with E-state index in [1.807, 2.05) is 24.3 Å². The molecular formula is C24H24N4O3S. The molecule has 0 radical (unpaired) electrons. The summed E-state index contributed by atoms with van der Waals surface area (Å²) in [6, 6.07) is 13.9. The van der Waals surface area contributed by atoms with Gasteiger partial charge in [0, 0.05) is 12.4 Å². The molecule has 3 rings (SSSR count). The van der Waals surface area contributed by atoms with Gasteiger partial charge < -0.3 is 5.32 Å². The van der Waals surface area contributed by atoms with Crippen LogP contribution < -0.4 is 5.32 Å². The van der Waals surface area contributed by atoms with Gasteiger partial charge in [-0.25, -0.2) is 8.42 Å². The standard InChI is InChI=1S/C24H24N4O3S/c1-6-16-27(5)32(30,31)19-14-12-18(13-15-19)17-28-21-11-9-8-10-20(21)22(26-28)23(29)25-24(3,4)7-2/h1-2,8-15H,16-17H2,3-5H3,(H,25,29). The first-order valence-electron chi connectivity index (χ1n) is 9.83. The second kappa shape index (κ2) is 8.88. The van der Waals surface area contributed by atoms with Gasteiger partial charge in [0.15, 0.2) is 5.69 Å². The first-order valence-corrected chi connectivity index (χ1v) is 11.3. The number of rotatable bonds is 7. The van der Waals surface area contributed by atoms with Crippen LogP contribution in [-0.4, -0.2) is 47.5 Å². The van der Waals surface area contributed by atoms with Crippen molar-refractivity contribution in [1.82, 2.24) is 19.4 Å². The van der Waals surface area contributed by atoms with E-state index in [2.05, 4.69) is 22.3 Å². The zero-order valence-electron chi connectivity index (χ0n) is 18.2. The predicted octanol–water partition coefficient (Wildman–Crippen LogP) is 2.48. The molecule has 164 valence electrons. The predicted molar refractivity (Wildman–Crippen MR) is 124 cm³/mol. The van der Waals surface area contributed by atoms with Gasteiger partial charge in [0.05, 0.1) is 29.0 Å². The van der Waals surface area contributed by atoms with E-state index >= 15 is 0 Å². The molecule has 1 amide bonds. The molecule has 0 aliphatic carbocycles. The summed E-state index contributed by atoms with van der Waals surface area (Å²) in [6.45, 7) is 3.82. The Balaban J connectivity index is 1.91. The number of hydrogen-bond donors (Lipinski definition) is 1. The normalized spacial score (nSPS) is 11.8. The van der Waals surface area contributed by atoms with Crippen molar-refractivity contribution in [2.75, 3.05) is 13.6 Å². The maximum absolute atomic E-state index is 12.8. The van der Waals surface area contributed by atoms with E-state index < -0.39 is 15.6 Å². The zero-order valence-corrected chi connectivity index (χ0v) is 19.0. The van der Waals surface area contributed by atoms with Crippen LogP contribution in [0.15, 0.2) is 53.4 Å². The number of fused-ring (bicyclic) bond motifs is 1. The van der Waals surface area contributed by atoms with Crippen molar-refractivity contribution in [3.8, 4) is 24.7 Å². The van der Waals surface area contributed by atoms with Gasteiger partial charge in [-0.15, -0.1) is 12.8 Å². The van der Waals surface area contributed by atoms with Crippen LogP contribution in [0.25, 0.3) is 10.9 Å². The van der Waals surface area contributed by atoms with Gasteiger partial charge in [-0.3, -0.25) is 9.48 Å². The SMILES string of the molecule is C#CCN(C)S(=O)(=O)c1ccc(Cn2nc(C(=O)NC(C)(C)C#C)c3ccccc32)cc1. The molecule has 0 fully saturated rings. The highest BCUT2D eigenvalue weighted by molar-refractivity contribution is 7.89. The lowest BCUT2D eigenvalue weighted by atomic mass is 10.1. The molecule has 1 heterocycles. The van der Waals surface area contributed by atoms with Gasteiger partial charge in [-0.1, -0.05) is 42.2 Å². The third-order valence-corrected chi connectivity index (χ3v) is 6.76. The quantitative estimate of drug-likeness (QED) is 0.563. The van der Waals surface area contributed by atoms with Crippen molar-refractivity contribution < 1.29 is 13.2 Å². The minimum atomic E-state index is -3.65. The molecule has 0 aliphatic rings. The van der Waals surface area contributed by atoms with E-state index in [9.17, 15) is 13.2 Å². The molecule has 0 saturated heterocycles.